The Morgan fingerprint density at radius 1 is 1.44 bits per heavy atom. The maximum atomic E-state index is 5.84. The van der Waals surface area contributed by atoms with Crippen molar-refractivity contribution in [1.29, 1.82) is 0 Å². The molecule has 2 rings (SSSR count). The Labute approximate surface area is 118 Å². The predicted octanol–water partition coefficient (Wildman–Crippen LogP) is 1.69. The molecule has 1 fully saturated rings. The van der Waals surface area contributed by atoms with Gasteiger partial charge < -0.3 is 10.6 Å². The van der Waals surface area contributed by atoms with E-state index in [0.29, 0.717) is 4.99 Å². The van der Waals surface area contributed by atoms with E-state index in [4.69, 9.17) is 18.0 Å². The number of thioether (sulfide) groups is 1. The van der Waals surface area contributed by atoms with E-state index in [1.807, 2.05) is 30.4 Å². The van der Waals surface area contributed by atoms with Crippen LogP contribution in [-0.2, 0) is 7.05 Å². The van der Waals surface area contributed by atoms with Gasteiger partial charge in [0.1, 0.15) is 10.8 Å². The van der Waals surface area contributed by atoms with Crippen molar-refractivity contribution in [1.82, 2.24) is 9.78 Å². The van der Waals surface area contributed by atoms with Gasteiger partial charge in [0.05, 0.1) is 11.3 Å². The van der Waals surface area contributed by atoms with Gasteiger partial charge in [-0.05, 0) is 26.0 Å². The van der Waals surface area contributed by atoms with E-state index in [9.17, 15) is 0 Å². The Hall–Kier alpha value is -0.750. The number of piperidine rings is 1. The van der Waals surface area contributed by atoms with Gasteiger partial charge in [0.2, 0.25) is 0 Å². The van der Waals surface area contributed by atoms with Crippen molar-refractivity contribution in [3.8, 4) is 0 Å². The van der Waals surface area contributed by atoms with Crippen LogP contribution in [0.1, 0.15) is 24.1 Å². The molecule has 1 aromatic rings. The maximum Gasteiger partial charge on any atom is 0.137 e. The first kappa shape index (κ1) is 13.7. The molecule has 1 saturated heterocycles. The zero-order chi connectivity index (χ0) is 13.3. The third-order valence-corrected chi connectivity index (χ3v) is 4.86. The van der Waals surface area contributed by atoms with Crippen LogP contribution in [0.5, 0.6) is 0 Å². The predicted molar refractivity (Wildman–Crippen MR) is 82.6 cm³/mol. The highest BCUT2D eigenvalue weighted by atomic mass is 32.2. The zero-order valence-electron chi connectivity index (χ0n) is 11.1. The van der Waals surface area contributed by atoms with E-state index in [2.05, 4.69) is 16.3 Å². The van der Waals surface area contributed by atoms with E-state index < -0.39 is 0 Å². The van der Waals surface area contributed by atoms with Crippen LogP contribution >= 0.6 is 24.0 Å². The molecule has 2 heterocycles. The number of rotatable bonds is 3. The number of hydrogen-bond acceptors (Lipinski definition) is 4. The average Bonchev–Trinajstić information content (AvgIpc) is 2.64. The van der Waals surface area contributed by atoms with Crippen LogP contribution in [0.2, 0.25) is 0 Å². The highest BCUT2D eigenvalue weighted by molar-refractivity contribution is 7.99. The number of aromatic nitrogens is 2. The molecule has 100 valence electrons. The van der Waals surface area contributed by atoms with E-state index >= 15 is 0 Å². The average molecular weight is 284 g/mol. The van der Waals surface area contributed by atoms with Gasteiger partial charge in [0.25, 0.3) is 0 Å². The summed E-state index contributed by atoms with van der Waals surface area (Å²) in [5.74, 6) is 1.08. The van der Waals surface area contributed by atoms with Crippen LogP contribution in [0, 0.1) is 6.92 Å². The summed E-state index contributed by atoms with van der Waals surface area (Å²) < 4.78 is 1.91. The number of nitrogens with two attached hydrogens (primary N) is 1. The van der Waals surface area contributed by atoms with Crippen LogP contribution in [0.3, 0.4) is 0 Å². The van der Waals surface area contributed by atoms with Gasteiger partial charge in [0.15, 0.2) is 0 Å². The fourth-order valence-electron chi connectivity index (χ4n) is 2.60. The summed E-state index contributed by atoms with van der Waals surface area (Å²) in [7, 11) is 1.96. The Morgan fingerprint density at radius 2 is 2.06 bits per heavy atom. The van der Waals surface area contributed by atoms with Crippen LogP contribution in [0.4, 0.5) is 5.82 Å². The topological polar surface area (TPSA) is 47.1 Å². The molecule has 0 aromatic carbocycles. The molecule has 0 amide bonds. The Bertz CT molecular complexity index is 447. The lowest BCUT2D eigenvalue weighted by Crippen LogP contribution is -2.37. The molecule has 6 heteroatoms. The zero-order valence-corrected chi connectivity index (χ0v) is 12.8. The minimum Gasteiger partial charge on any atom is -0.389 e. The lowest BCUT2D eigenvalue weighted by Gasteiger charge is -2.33. The van der Waals surface area contributed by atoms with Gasteiger partial charge in [0, 0.05) is 25.4 Å². The first-order valence-electron chi connectivity index (χ1n) is 6.15. The lowest BCUT2D eigenvalue weighted by atomic mass is 10.1. The quantitative estimate of drug-likeness (QED) is 0.856. The second-order valence-corrected chi connectivity index (χ2v) is 6.27. The minimum atomic E-state index is 0.447. The van der Waals surface area contributed by atoms with Crippen LogP contribution < -0.4 is 10.6 Å². The smallest absolute Gasteiger partial charge is 0.137 e. The lowest BCUT2D eigenvalue weighted by molar-refractivity contribution is 0.573. The molecule has 0 bridgehead atoms. The summed E-state index contributed by atoms with van der Waals surface area (Å²) in [5.41, 5.74) is 7.70. The standard InChI is InChI=1S/C12H20N4S2/c1-8-10(11(13)17)12(15(2)14-8)16-6-4-9(18-3)5-7-16/h9H,4-7H2,1-3H3,(H2,13,17). The van der Waals surface area contributed by atoms with E-state index in [1.54, 1.807) is 0 Å². The van der Waals surface area contributed by atoms with Crippen molar-refractivity contribution >= 4 is 34.8 Å². The van der Waals surface area contributed by atoms with Gasteiger partial charge in [-0.25, -0.2) is 0 Å². The monoisotopic (exact) mass is 284 g/mol. The number of nitrogens with zero attached hydrogens (tertiary/aromatic N) is 3. The molecule has 0 spiro atoms. The molecular weight excluding hydrogens is 264 g/mol. The first-order valence-corrected chi connectivity index (χ1v) is 7.85. The fourth-order valence-corrected chi connectivity index (χ4v) is 3.52. The molecule has 1 aliphatic rings. The van der Waals surface area contributed by atoms with Gasteiger partial charge in [-0.1, -0.05) is 12.2 Å². The summed E-state index contributed by atoms with van der Waals surface area (Å²) in [4.78, 5) is 2.81. The highest BCUT2D eigenvalue weighted by Gasteiger charge is 2.25. The molecule has 4 nitrogen and oxygen atoms in total. The molecule has 1 aromatic heterocycles. The minimum absolute atomic E-state index is 0.447. The molecule has 1 aliphatic heterocycles. The summed E-state index contributed by atoms with van der Waals surface area (Å²) >= 11 is 7.12. The number of thiocarbonyl (C=S) groups is 1. The Kier molecular flexibility index (Phi) is 4.17. The third kappa shape index (κ3) is 2.49. The molecule has 0 radical (unpaired) electrons. The van der Waals surface area contributed by atoms with Gasteiger partial charge >= 0.3 is 0 Å². The second kappa shape index (κ2) is 5.48. The van der Waals surface area contributed by atoms with Crippen LogP contribution in [0.15, 0.2) is 0 Å². The van der Waals surface area contributed by atoms with Crippen molar-refractivity contribution in [2.45, 2.75) is 25.0 Å². The van der Waals surface area contributed by atoms with Crippen molar-refractivity contribution in [3.63, 3.8) is 0 Å². The highest BCUT2D eigenvalue weighted by Crippen LogP contribution is 2.28. The molecular formula is C12H20N4S2. The third-order valence-electron chi connectivity index (χ3n) is 3.51. The number of anilines is 1. The molecule has 18 heavy (non-hydrogen) atoms. The summed E-state index contributed by atoms with van der Waals surface area (Å²) in [6, 6.07) is 0. The molecule has 0 saturated carbocycles. The summed E-state index contributed by atoms with van der Waals surface area (Å²) in [6.07, 6.45) is 4.61. The van der Waals surface area contributed by atoms with Gasteiger partial charge in [-0.3, -0.25) is 4.68 Å². The second-order valence-electron chi connectivity index (χ2n) is 4.69. The first-order chi connectivity index (χ1) is 8.54. The SMILES string of the molecule is CSC1CCN(c2c(C(N)=S)c(C)nn2C)CC1. The maximum absolute atomic E-state index is 5.84. The fraction of sp³-hybridized carbons (Fsp3) is 0.667. The van der Waals surface area contributed by atoms with E-state index in [1.165, 1.54) is 12.8 Å². The molecule has 2 N–H and O–H groups in total. The van der Waals surface area contributed by atoms with Crippen molar-refractivity contribution in [2.24, 2.45) is 12.8 Å². The molecule has 0 atom stereocenters. The largest absolute Gasteiger partial charge is 0.389 e. The summed E-state index contributed by atoms with van der Waals surface area (Å²) in [6.45, 7) is 4.08. The van der Waals surface area contributed by atoms with Crippen molar-refractivity contribution in [2.75, 3.05) is 24.2 Å². The number of aryl methyl sites for hydroxylation is 2. The van der Waals surface area contributed by atoms with Gasteiger partial charge in [-0.2, -0.15) is 16.9 Å². The number of hydrogen-bond donors (Lipinski definition) is 1. The van der Waals surface area contributed by atoms with E-state index in [-0.39, 0.29) is 0 Å². The molecule has 0 aliphatic carbocycles. The Balaban J connectivity index is 2.26. The Morgan fingerprint density at radius 3 is 2.56 bits per heavy atom. The van der Waals surface area contributed by atoms with Gasteiger partial charge in [-0.15, -0.1) is 0 Å². The van der Waals surface area contributed by atoms with Crippen LogP contribution in [0.25, 0.3) is 0 Å². The van der Waals surface area contributed by atoms with Crippen molar-refractivity contribution in [3.05, 3.63) is 11.3 Å². The van der Waals surface area contributed by atoms with E-state index in [0.717, 1.165) is 35.4 Å². The molecule has 0 unspecified atom stereocenters. The normalized spacial score (nSPS) is 17.2. The van der Waals surface area contributed by atoms with Crippen LogP contribution in [-0.4, -0.2) is 39.4 Å². The van der Waals surface area contributed by atoms with Crippen molar-refractivity contribution < 1.29 is 0 Å². The summed E-state index contributed by atoms with van der Waals surface area (Å²) in [5, 5.41) is 5.23.